The van der Waals surface area contributed by atoms with Gasteiger partial charge in [-0.25, -0.2) is 4.99 Å². The minimum Gasteiger partial charge on any atom is -0.504 e. The molecule has 0 amide bonds. The van der Waals surface area contributed by atoms with Crippen LogP contribution in [0.1, 0.15) is 19.4 Å². The van der Waals surface area contributed by atoms with E-state index < -0.39 is 0 Å². The van der Waals surface area contributed by atoms with Crippen molar-refractivity contribution in [1.82, 2.24) is 9.80 Å². The number of aliphatic hydroxyl groups excluding tert-OH is 1. The summed E-state index contributed by atoms with van der Waals surface area (Å²) in [6, 6.07) is 5.99. The lowest BCUT2D eigenvalue weighted by Gasteiger charge is -2.39. The first kappa shape index (κ1) is 16.2. The number of benzene rings is 1. The van der Waals surface area contributed by atoms with E-state index in [-0.39, 0.29) is 5.76 Å². The van der Waals surface area contributed by atoms with E-state index in [9.17, 15) is 5.11 Å². The first-order valence-electron chi connectivity index (χ1n) is 7.61. The molecule has 1 N–H and O–H groups in total. The van der Waals surface area contributed by atoms with Crippen LogP contribution in [0.25, 0.3) is 0 Å². The summed E-state index contributed by atoms with van der Waals surface area (Å²) >= 11 is 12.4. The van der Waals surface area contributed by atoms with Gasteiger partial charge in [0.25, 0.3) is 0 Å². The van der Waals surface area contributed by atoms with Crippen molar-refractivity contribution in [3.05, 3.63) is 57.7 Å². The van der Waals surface area contributed by atoms with Crippen LogP contribution in [0.4, 0.5) is 0 Å². The molecule has 2 aliphatic rings. The van der Waals surface area contributed by atoms with E-state index in [1.165, 1.54) is 6.20 Å². The van der Waals surface area contributed by atoms with Crippen LogP contribution >= 0.6 is 23.2 Å². The predicted molar refractivity (Wildman–Crippen MR) is 94.9 cm³/mol. The summed E-state index contributed by atoms with van der Waals surface area (Å²) in [5.41, 5.74) is 1.71. The van der Waals surface area contributed by atoms with Gasteiger partial charge in [-0.1, -0.05) is 35.3 Å². The molecular formula is C17H19Cl2N3O. The Balaban J connectivity index is 1.90. The number of amidine groups is 1. The molecule has 2 heterocycles. The maximum atomic E-state index is 10.2. The SMILES string of the molecule is CC(C)N1C=C2C(O)=CN=C(Cc3cccc(Cl)c3Cl)N2CC1. The Morgan fingerprint density at radius 1 is 1.26 bits per heavy atom. The smallest absolute Gasteiger partial charge is 0.159 e. The number of halogens is 2. The van der Waals surface area contributed by atoms with Crippen LogP contribution in [0.2, 0.25) is 10.0 Å². The summed E-state index contributed by atoms with van der Waals surface area (Å²) in [4.78, 5) is 8.66. The summed E-state index contributed by atoms with van der Waals surface area (Å²) in [6.45, 7) is 5.93. The number of aliphatic imine (C=N–C) groups is 1. The highest BCUT2D eigenvalue weighted by atomic mass is 35.5. The maximum Gasteiger partial charge on any atom is 0.159 e. The summed E-state index contributed by atoms with van der Waals surface area (Å²) in [5, 5.41) is 11.3. The van der Waals surface area contributed by atoms with Crippen LogP contribution in [0.15, 0.2) is 47.0 Å². The van der Waals surface area contributed by atoms with Crippen molar-refractivity contribution in [3.63, 3.8) is 0 Å². The quantitative estimate of drug-likeness (QED) is 0.886. The Morgan fingerprint density at radius 3 is 2.78 bits per heavy atom. The van der Waals surface area contributed by atoms with Crippen LogP contribution in [0.3, 0.4) is 0 Å². The zero-order valence-electron chi connectivity index (χ0n) is 13.1. The van der Waals surface area contributed by atoms with Crippen molar-refractivity contribution in [1.29, 1.82) is 0 Å². The minimum absolute atomic E-state index is 0.191. The number of hydrogen-bond acceptors (Lipinski definition) is 4. The molecule has 0 radical (unpaired) electrons. The maximum absolute atomic E-state index is 10.2. The molecule has 1 aromatic carbocycles. The van der Waals surface area contributed by atoms with Gasteiger partial charge in [0.15, 0.2) is 5.76 Å². The number of hydrogen-bond donors (Lipinski definition) is 1. The van der Waals surface area contributed by atoms with Gasteiger partial charge in [0.2, 0.25) is 0 Å². The van der Waals surface area contributed by atoms with Crippen LogP contribution in [0, 0.1) is 0 Å². The Hall–Kier alpha value is -1.65. The third-order valence-electron chi connectivity index (χ3n) is 4.11. The number of nitrogens with zero attached hydrogens (tertiary/aromatic N) is 3. The van der Waals surface area contributed by atoms with Crippen molar-refractivity contribution in [3.8, 4) is 0 Å². The molecule has 4 nitrogen and oxygen atoms in total. The van der Waals surface area contributed by atoms with Gasteiger partial charge in [0, 0.05) is 31.8 Å². The average molecular weight is 352 g/mol. The molecule has 2 aliphatic heterocycles. The van der Waals surface area contributed by atoms with E-state index in [0.717, 1.165) is 30.2 Å². The Kier molecular flexibility index (Phi) is 4.55. The normalized spacial score (nSPS) is 17.7. The Labute approximate surface area is 146 Å². The first-order chi connectivity index (χ1) is 11.0. The number of rotatable bonds is 3. The third kappa shape index (κ3) is 3.19. The molecule has 0 fully saturated rings. The second kappa shape index (κ2) is 6.46. The van der Waals surface area contributed by atoms with Crippen molar-refractivity contribution in [2.24, 2.45) is 4.99 Å². The van der Waals surface area contributed by atoms with E-state index >= 15 is 0 Å². The second-order valence-corrected chi connectivity index (χ2v) is 6.73. The molecule has 0 aromatic heterocycles. The lowest BCUT2D eigenvalue weighted by molar-refractivity contribution is 0.242. The van der Waals surface area contributed by atoms with Crippen molar-refractivity contribution in [2.75, 3.05) is 13.1 Å². The molecule has 0 spiro atoms. The summed E-state index contributed by atoms with van der Waals surface area (Å²) in [5.74, 6) is 1.05. The van der Waals surface area contributed by atoms with Crippen LogP contribution < -0.4 is 0 Å². The lowest BCUT2D eigenvalue weighted by Crippen LogP contribution is -2.45. The fourth-order valence-corrected chi connectivity index (χ4v) is 3.16. The van der Waals surface area contributed by atoms with E-state index in [1.54, 1.807) is 6.07 Å². The molecule has 0 unspecified atom stereocenters. The fraction of sp³-hybridized carbons (Fsp3) is 0.353. The van der Waals surface area contributed by atoms with Gasteiger partial charge >= 0.3 is 0 Å². The molecule has 0 aliphatic carbocycles. The van der Waals surface area contributed by atoms with Gasteiger partial charge in [-0.3, -0.25) is 0 Å². The minimum atomic E-state index is 0.191. The number of fused-ring (bicyclic) bond motifs is 1. The fourth-order valence-electron chi connectivity index (χ4n) is 2.77. The van der Waals surface area contributed by atoms with Crippen LogP contribution in [-0.4, -0.2) is 39.9 Å². The van der Waals surface area contributed by atoms with Gasteiger partial charge in [-0.2, -0.15) is 0 Å². The van der Waals surface area contributed by atoms with E-state index in [4.69, 9.17) is 23.2 Å². The second-order valence-electron chi connectivity index (χ2n) is 5.95. The largest absolute Gasteiger partial charge is 0.504 e. The summed E-state index contributed by atoms with van der Waals surface area (Å²) in [6.07, 6.45) is 4.07. The van der Waals surface area contributed by atoms with Crippen molar-refractivity contribution < 1.29 is 5.11 Å². The number of aliphatic hydroxyl groups is 1. The topological polar surface area (TPSA) is 39.1 Å². The highest BCUT2D eigenvalue weighted by Crippen LogP contribution is 2.29. The first-order valence-corrected chi connectivity index (χ1v) is 8.37. The van der Waals surface area contributed by atoms with Gasteiger partial charge < -0.3 is 14.9 Å². The van der Waals surface area contributed by atoms with Gasteiger partial charge in [-0.15, -0.1) is 0 Å². The molecule has 122 valence electrons. The Bertz CT molecular complexity index is 710. The van der Waals surface area contributed by atoms with Crippen molar-refractivity contribution in [2.45, 2.75) is 26.3 Å². The molecule has 3 rings (SSSR count). The van der Waals surface area contributed by atoms with E-state index in [1.807, 2.05) is 23.2 Å². The molecular weight excluding hydrogens is 333 g/mol. The third-order valence-corrected chi connectivity index (χ3v) is 4.97. The van der Waals surface area contributed by atoms with Crippen LogP contribution in [0.5, 0.6) is 0 Å². The van der Waals surface area contributed by atoms with Gasteiger partial charge in [0.1, 0.15) is 11.5 Å². The molecule has 0 saturated heterocycles. The zero-order chi connectivity index (χ0) is 16.6. The summed E-state index contributed by atoms with van der Waals surface area (Å²) in [7, 11) is 0. The van der Waals surface area contributed by atoms with E-state index in [0.29, 0.717) is 22.5 Å². The highest BCUT2D eigenvalue weighted by Gasteiger charge is 2.28. The van der Waals surface area contributed by atoms with Crippen LogP contribution in [-0.2, 0) is 6.42 Å². The molecule has 23 heavy (non-hydrogen) atoms. The molecule has 0 saturated carbocycles. The highest BCUT2D eigenvalue weighted by molar-refractivity contribution is 6.42. The standard InChI is InChI=1S/C17H19Cl2N3O/c1-11(2)21-6-7-22-14(10-21)15(23)9-20-16(22)8-12-4-3-5-13(18)17(12)19/h3-5,9-11,23H,6-8H2,1-2H3. The predicted octanol–water partition coefficient (Wildman–Crippen LogP) is 4.21. The molecule has 0 atom stereocenters. The average Bonchev–Trinajstić information content (AvgIpc) is 2.54. The lowest BCUT2D eigenvalue weighted by atomic mass is 10.1. The van der Waals surface area contributed by atoms with Crippen molar-refractivity contribution >= 4 is 29.0 Å². The molecule has 1 aromatic rings. The Morgan fingerprint density at radius 2 is 2.04 bits per heavy atom. The van der Waals surface area contributed by atoms with E-state index in [2.05, 4.69) is 23.7 Å². The zero-order valence-corrected chi connectivity index (χ0v) is 14.6. The summed E-state index contributed by atoms with van der Waals surface area (Å²) < 4.78 is 0. The molecule has 0 bridgehead atoms. The van der Waals surface area contributed by atoms with Gasteiger partial charge in [0.05, 0.1) is 16.2 Å². The monoisotopic (exact) mass is 351 g/mol. The molecule has 6 heteroatoms. The van der Waals surface area contributed by atoms with Gasteiger partial charge in [-0.05, 0) is 25.5 Å².